The van der Waals surface area contributed by atoms with Crippen LogP contribution in [0.15, 0.2) is 40.6 Å². The molecule has 0 bridgehead atoms. The summed E-state index contributed by atoms with van der Waals surface area (Å²) in [5.74, 6) is -1.51. The molecule has 0 radical (unpaired) electrons. The van der Waals surface area contributed by atoms with Gasteiger partial charge in [-0.3, -0.25) is 4.79 Å². The van der Waals surface area contributed by atoms with Gasteiger partial charge in [-0.05, 0) is 36.1 Å². The zero-order chi connectivity index (χ0) is 16.3. The Bertz CT molecular complexity index is 773. The molecule has 0 aliphatic heterocycles. The fourth-order valence-electron chi connectivity index (χ4n) is 1.98. The number of halogens is 1. The summed E-state index contributed by atoms with van der Waals surface area (Å²) in [6, 6.07) is 6.72. The summed E-state index contributed by atoms with van der Waals surface area (Å²) in [5.41, 5.74) is 0.0416. The Balaban J connectivity index is 2.21. The molecular weight excluding hydrogens is 327 g/mol. The highest BCUT2D eigenvalue weighted by atomic mass is 32.2. The third-order valence-electron chi connectivity index (χ3n) is 3.10. The molecule has 22 heavy (non-hydrogen) atoms. The summed E-state index contributed by atoms with van der Waals surface area (Å²) in [6.07, 6.45) is 0.685. The van der Waals surface area contributed by atoms with Gasteiger partial charge in [0.25, 0.3) is 5.91 Å². The number of rotatable bonds is 5. The first-order valence-corrected chi connectivity index (χ1v) is 8.92. The smallest absolute Gasteiger partial charge is 0.251 e. The molecule has 0 fully saturated rings. The van der Waals surface area contributed by atoms with E-state index in [2.05, 4.69) is 5.32 Å². The standard InChI is InChI=1S/C14H15FN2O3S2/c1-2-11(12-4-3-7-21-12)17-14(18)9-5-6-13(10(15)8-9)22(16,19)20/h3-8,11H,2H2,1H3,(H,17,18)(H2,16,19,20)/t11-/m1/s1. The second-order valence-electron chi connectivity index (χ2n) is 4.64. The first-order chi connectivity index (χ1) is 10.3. The average molecular weight is 342 g/mol. The Hall–Kier alpha value is -1.77. The highest BCUT2D eigenvalue weighted by Gasteiger charge is 2.19. The van der Waals surface area contributed by atoms with Crippen LogP contribution >= 0.6 is 11.3 Å². The van der Waals surface area contributed by atoms with Crippen molar-refractivity contribution in [2.24, 2.45) is 5.14 Å². The summed E-state index contributed by atoms with van der Waals surface area (Å²) in [6.45, 7) is 1.93. The summed E-state index contributed by atoms with van der Waals surface area (Å²) in [7, 11) is -4.14. The molecule has 1 aromatic carbocycles. The van der Waals surface area contributed by atoms with Crippen LogP contribution in [0.25, 0.3) is 0 Å². The molecule has 1 atom stereocenters. The van der Waals surface area contributed by atoms with Crippen molar-refractivity contribution < 1.29 is 17.6 Å². The summed E-state index contributed by atoms with van der Waals surface area (Å²) < 4.78 is 36.1. The minimum atomic E-state index is -4.14. The van der Waals surface area contributed by atoms with Crippen LogP contribution in [-0.2, 0) is 10.0 Å². The quantitative estimate of drug-likeness (QED) is 0.874. The zero-order valence-electron chi connectivity index (χ0n) is 11.7. The highest BCUT2D eigenvalue weighted by Crippen LogP contribution is 2.22. The van der Waals surface area contributed by atoms with Crippen molar-refractivity contribution in [3.63, 3.8) is 0 Å². The Kier molecular flexibility index (Phi) is 4.94. The second kappa shape index (κ2) is 6.55. The van der Waals surface area contributed by atoms with Gasteiger partial charge in [0.05, 0.1) is 6.04 Å². The first-order valence-electron chi connectivity index (χ1n) is 6.49. The maximum Gasteiger partial charge on any atom is 0.251 e. The average Bonchev–Trinajstić information content (AvgIpc) is 2.96. The number of sulfonamides is 1. The van der Waals surface area contributed by atoms with Crippen molar-refractivity contribution in [3.8, 4) is 0 Å². The molecule has 0 unspecified atom stereocenters. The van der Waals surface area contributed by atoms with E-state index in [0.717, 1.165) is 17.0 Å². The third-order valence-corrected chi connectivity index (χ3v) is 5.03. The largest absolute Gasteiger partial charge is 0.344 e. The number of hydrogen-bond acceptors (Lipinski definition) is 4. The van der Waals surface area contributed by atoms with Crippen LogP contribution in [0.2, 0.25) is 0 Å². The van der Waals surface area contributed by atoms with Gasteiger partial charge in [-0.25, -0.2) is 17.9 Å². The minimum Gasteiger partial charge on any atom is -0.344 e. The van der Waals surface area contributed by atoms with E-state index in [1.807, 2.05) is 24.4 Å². The Labute approximate surface area is 132 Å². The maximum atomic E-state index is 13.8. The molecule has 8 heteroatoms. The van der Waals surface area contributed by atoms with E-state index in [1.165, 1.54) is 17.4 Å². The third kappa shape index (κ3) is 3.70. The molecule has 3 N–H and O–H groups in total. The van der Waals surface area contributed by atoms with Crippen molar-refractivity contribution in [1.82, 2.24) is 5.32 Å². The lowest BCUT2D eigenvalue weighted by Gasteiger charge is -2.15. The summed E-state index contributed by atoms with van der Waals surface area (Å²) in [4.78, 5) is 12.5. The van der Waals surface area contributed by atoms with Crippen LogP contribution in [0.3, 0.4) is 0 Å². The van der Waals surface area contributed by atoms with Gasteiger partial charge in [0.1, 0.15) is 10.7 Å². The fraction of sp³-hybridized carbons (Fsp3) is 0.214. The van der Waals surface area contributed by atoms with Gasteiger partial charge in [0.15, 0.2) is 0 Å². The molecule has 5 nitrogen and oxygen atoms in total. The normalized spacial score (nSPS) is 12.9. The van der Waals surface area contributed by atoms with Gasteiger partial charge in [-0.1, -0.05) is 13.0 Å². The topological polar surface area (TPSA) is 89.3 Å². The van der Waals surface area contributed by atoms with Crippen LogP contribution in [0.1, 0.15) is 34.6 Å². The van der Waals surface area contributed by atoms with E-state index in [-0.39, 0.29) is 11.6 Å². The number of nitrogens with two attached hydrogens (primary N) is 1. The van der Waals surface area contributed by atoms with Crippen molar-refractivity contribution in [1.29, 1.82) is 0 Å². The van der Waals surface area contributed by atoms with Crippen LogP contribution in [-0.4, -0.2) is 14.3 Å². The lowest BCUT2D eigenvalue weighted by atomic mass is 10.1. The van der Waals surface area contributed by atoms with E-state index >= 15 is 0 Å². The monoisotopic (exact) mass is 342 g/mol. The van der Waals surface area contributed by atoms with Crippen LogP contribution in [0, 0.1) is 5.82 Å². The fourth-order valence-corrected chi connectivity index (χ4v) is 3.43. The summed E-state index contributed by atoms with van der Waals surface area (Å²) in [5, 5.41) is 9.59. The number of carbonyl (C=O) groups excluding carboxylic acids is 1. The summed E-state index contributed by atoms with van der Waals surface area (Å²) >= 11 is 1.52. The molecule has 0 aliphatic rings. The Morgan fingerprint density at radius 3 is 2.64 bits per heavy atom. The molecule has 1 amide bonds. The highest BCUT2D eigenvalue weighted by molar-refractivity contribution is 7.89. The van der Waals surface area contributed by atoms with Gasteiger partial charge in [-0.2, -0.15) is 0 Å². The Morgan fingerprint density at radius 2 is 2.14 bits per heavy atom. The Morgan fingerprint density at radius 1 is 1.41 bits per heavy atom. The van der Waals surface area contributed by atoms with E-state index in [9.17, 15) is 17.6 Å². The molecule has 1 aromatic heterocycles. The number of nitrogens with one attached hydrogen (secondary N) is 1. The number of carbonyl (C=O) groups is 1. The number of amides is 1. The minimum absolute atomic E-state index is 0.0416. The van der Waals surface area contributed by atoms with E-state index < -0.39 is 26.6 Å². The molecule has 2 rings (SSSR count). The van der Waals surface area contributed by atoms with Gasteiger partial charge in [-0.15, -0.1) is 11.3 Å². The predicted molar refractivity (Wildman–Crippen MR) is 82.6 cm³/mol. The number of primary sulfonamides is 1. The van der Waals surface area contributed by atoms with Crippen molar-refractivity contribution in [2.75, 3.05) is 0 Å². The van der Waals surface area contributed by atoms with Crippen molar-refractivity contribution in [3.05, 3.63) is 52.0 Å². The molecule has 0 saturated carbocycles. The molecule has 2 aromatic rings. The van der Waals surface area contributed by atoms with Crippen LogP contribution < -0.4 is 10.5 Å². The maximum absolute atomic E-state index is 13.8. The SMILES string of the molecule is CC[C@@H](NC(=O)c1ccc(S(N)(=O)=O)c(F)c1)c1cccs1. The van der Waals surface area contributed by atoms with Gasteiger partial charge in [0, 0.05) is 10.4 Å². The predicted octanol–water partition coefficient (Wildman–Crippen LogP) is 2.42. The number of thiophene rings is 1. The van der Waals surface area contributed by atoms with Crippen LogP contribution in [0.4, 0.5) is 4.39 Å². The molecule has 0 spiro atoms. The van der Waals surface area contributed by atoms with Gasteiger partial charge < -0.3 is 5.32 Å². The molecule has 0 saturated heterocycles. The van der Waals surface area contributed by atoms with Crippen molar-refractivity contribution in [2.45, 2.75) is 24.3 Å². The van der Waals surface area contributed by atoms with Gasteiger partial charge in [0.2, 0.25) is 10.0 Å². The number of benzene rings is 1. The second-order valence-corrected chi connectivity index (χ2v) is 7.15. The van der Waals surface area contributed by atoms with E-state index in [4.69, 9.17) is 5.14 Å². The molecular formula is C14H15FN2O3S2. The lowest BCUT2D eigenvalue weighted by Crippen LogP contribution is -2.28. The van der Waals surface area contributed by atoms with Crippen molar-refractivity contribution >= 4 is 27.3 Å². The number of hydrogen-bond donors (Lipinski definition) is 2. The lowest BCUT2D eigenvalue weighted by molar-refractivity contribution is 0.0935. The van der Waals surface area contributed by atoms with Gasteiger partial charge >= 0.3 is 0 Å². The first kappa shape index (κ1) is 16.6. The molecule has 1 heterocycles. The van der Waals surface area contributed by atoms with E-state index in [1.54, 1.807) is 0 Å². The van der Waals surface area contributed by atoms with E-state index in [0.29, 0.717) is 6.42 Å². The molecule has 0 aliphatic carbocycles. The molecule has 118 valence electrons. The van der Waals surface area contributed by atoms with Crippen LogP contribution in [0.5, 0.6) is 0 Å². The zero-order valence-corrected chi connectivity index (χ0v) is 13.4.